The Morgan fingerprint density at radius 2 is 2.26 bits per heavy atom. The Morgan fingerprint density at radius 3 is 3.05 bits per heavy atom. The zero-order valence-electron chi connectivity index (χ0n) is 11.3. The van der Waals surface area contributed by atoms with Crippen molar-refractivity contribution in [2.75, 3.05) is 6.54 Å². The van der Waals surface area contributed by atoms with Gasteiger partial charge in [0.2, 0.25) is 0 Å². The Hall–Kier alpha value is -1.32. The summed E-state index contributed by atoms with van der Waals surface area (Å²) in [5.74, 6) is 1.43. The highest BCUT2D eigenvalue weighted by Gasteiger charge is 2.23. The third-order valence-electron chi connectivity index (χ3n) is 4.04. The average molecular weight is 259 g/mol. The number of furan rings is 1. The lowest BCUT2D eigenvalue weighted by atomic mass is 9.91. The molecule has 0 amide bonds. The van der Waals surface area contributed by atoms with Crippen LogP contribution in [-0.2, 0) is 0 Å². The van der Waals surface area contributed by atoms with Crippen molar-refractivity contribution in [1.29, 1.82) is 0 Å². The van der Waals surface area contributed by atoms with Gasteiger partial charge in [0.1, 0.15) is 17.4 Å². The Kier molecular flexibility index (Phi) is 3.58. The lowest BCUT2D eigenvalue weighted by molar-refractivity contribution is 0.118. The lowest BCUT2D eigenvalue weighted by Gasteiger charge is -2.29. The van der Waals surface area contributed by atoms with Gasteiger partial charge in [-0.2, -0.15) is 0 Å². The summed E-state index contributed by atoms with van der Waals surface area (Å²) in [6.07, 6.45) is 2.58. The number of rotatable bonds is 3. The molecule has 1 fully saturated rings. The molecule has 3 rings (SSSR count). The van der Waals surface area contributed by atoms with Crippen LogP contribution < -0.4 is 5.32 Å². The van der Waals surface area contributed by atoms with E-state index in [9.17, 15) is 5.11 Å². The summed E-state index contributed by atoms with van der Waals surface area (Å²) in [7, 11) is 0. The molecule has 1 saturated heterocycles. The minimum absolute atomic E-state index is 0.395. The molecular weight excluding hydrogens is 238 g/mol. The predicted molar refractivity (Wildman–Crippen MR) is 76.0 cm³/mol. The minimum Gasteiger partial charge on any atom is -0.458 e. The maximum Gasteiger partial charge on any atom is 0.134 e. The summed E-state index contributed by atoms with van der Waals surface area (Å²) in [4.78, 5) is 0. The van der Waals surface area contributed by atoms with E-state index in [-0.39, 0.29) is 0 Å². The molecule has 2 aromatic rings. The largest absolute Gasteiger partial charge is 0.458 e. The second kappa shape index (κ2) is 5.35. The molecule has 0 bridgehead atoms. The highest BCUT2D eigenvalue weighted by atomic mass is 16.4. The average Bonchev–Trinajstić information content (AvgIpc) is 2.82. The Morgan fingerprint density at radius 1 is 1.42 bits per heavy atom. The van der Waals surface area contributed by atoms with Crippen LogP contribution in [-0.4, -0.2) is 17.7 Å². The molecule has 19 heavy (non-hydrogen) atoms. The van der Waals surface area contributed by atoms with Crippen molar-refractivity contribution >= 4 is 11.0 Å². The first-order chi connectivity index (χ1) is 9.22. The van der Waals surface area contributed by atoms with Gasteiger partial charge in [-0.1, -0.05) is 25.1 Å². The number of hydrogen-bond donors (Lipinski definition) is 2. The molecule has 3 heteroatoms. The van der Waals surface area contributed by atoms with Crippen LogP contribution in [0.15, 0.2) is 34.7 Å². The summed E-state index contributed by atoms with van der Waals surface area (Å²) in [6, 6.07) is 10.2. The van der Waals surface area contributed by atoms with E-state index in [0.29, 0.717) is 11.8 Å². The number of aliphatic hydroxyl groups is 1. The maximum atomic E-state index is 10.3. The van der Waals surface area contributed by atoms with E-state index in [0.717, 1.165) is 36.3 Å². The van der Waals surface area contributed by atoms with Crippen molar-refractivity contribution in [2.24, 2.45) is 5.92 Å². The molecule has 3 nitrogen and oxygen atoms in total. The van der Waals surface area contributed by atoms with Crippen molar-refractivity contribution < 1.29 is 9.52 Å². The number of benzene rings is 1. The summed E-state index contributed by atoms with van der Waals surface area (Å²) in [6.45, 7) is 3.33. The summed E-state index contributed by atoms with van der Waals surface area (Å²) in [5, 5.41) is 14.9. The molecule has 1 aliphatic rings. The van der Waals surface area contributed by atoms with Crippen LogP contribution in [0.3, 0.4) is 0 Å². The van der Waals surface area contributed by atoms with E-state index in [1.807, 2.05) is 30.3 Å². The minimum atomic E-state index is -0.518. The molecule has 1 aromatic heterocycles. The highest BCUT2D eigenvalue weighted by Crippen LogP contribution is 2.28. The van der Waals surface area contributed by atoms with Crippen LogP contribution in [0, 0.1) is 5.92 Å². The van der Waals surface area contributed by atoms with Crippen LogP contribution >= 0.6 is 0 Å². The first-order valence-electron chi connectivity index (χ1n) is 7.12. The van der Waals surface area contributed by atoms with Crippen molar-refractivity contribution in [3.05, 3.63) is 36.1 Å². The fourth-order valence-electron chi connectivity index (χ4n) is 2.95. The molecule has 3 atom stereocenters. The third-order valence-corrected chi connectivity index (χ3v) is 4.04. The van der Waals surface area contributed by atoms with Gasteiger partial charge < -0.3 is 14.8 Å². The second-order valence-electron chi connectivity index (χ2n) is 5.72. The monoisotopic (exact) mass is 259 g/mol. The fraction of sp³-hybridized carbons (Fsp3) is 0.500. The summed E-state index contributed by atoms with van der Waals surface area (Å²) >= 11 is 0. The van der Waals surface area contributed by atoms with Gasteiger partial charge in [-0.25, -0.2) is 0 Å². The van der Waals surface area contributed by atoms with Gasteiger partial charge in [-0.3, -0.25) is 0 Å². The lowest BCUT2D eigenvalue weighted by Crippen LogP contribution is -2.38. The van der Waals surface area contributed by atoms with E-state index >= 15 is 0 Å². The molecule has 102 valence electrons. The Balaban J connectivity index is 1.70. The van der Waals surface area contributed by atoms with Crippen molar-refractivity contribution in [2.45, 2.75) is 38.3 Å². The number of hydrogen-bond acceptors (Lipinski definition) is 3. The van der Waals surface area contributed by atoms with Crippen LogP contribution in [0.25, 0.3) is 11.0 Å². The van der Waals surface area contributed by atoms with E-state index < -0.39 is 6.10 Å². The number of fused-ring (bicyclic) bond motifs is 1. The van der Waals surface area contributed by atoms with Crippen LogP contribution in [0.5, 0.6) is 0 Å². The molecule has 1 aliphatic heterocycles. The van der Waals surface area contributed by atoms with Crippen molar-refractivity contribution in [3.63, 3.8) is 0 Å². The Labute approximate surface area is 113 Å². The molecule has 3 unspecified atom stereocenters. The number of nitrogens with one attached hydrogen (secondary N) is 1. The molecular formula is C16H21NO2. The molecule has 2 heterocycles. The zero-order chi connectivity index (χ0) is 13.2. The molecule has 2 N–H and O–H groups in total. The first-order valence-corrected chi connectivity index (χ1v) is 7.12. The summed E-state index contributed by atoms with van der Waals surface area (Å²) < 4.78 is 5.72. The second-order valence-corrected chi connectivity index (χ2v) is 5.72. The van der Waals surface area contributed by atoms with Crippen LogP contribution in [0.4, 0.5) is 0 Å². The van der Waals surface area contributed by atoms with Crippen molar-refractivity contribution in [3.8, 4) is 0 Å². The van der Waals surface area contributed by atoms with Gasteiger partial charge in [-0.15, -0.1) is 0 Å². The van der Waals surface area contributed by atoms with Gasteiger partial charge in [0, 0.05) is 11.4 Å². The molecule has 0 aliphatic carbocycles. The quantitative estimate of drug-likeness (QED) is 0.889. The van der Waals surface area contributed by atoms with Gasteiger partial charge in [0.05, 0.1) is 0 Å². The van der Waals surface area contributed by atoms with Crippen LogP contribution in [0.2, 0.25) is 0 Å². The Bertz CT molecular complexity index is 515. The summed E-state index contributed by atoms with van der Waals surface area (Å²) in [5.41, 5.74) is 0.849. The highest BCUT2D eigenvalue weighted by molar-refractivity contribution is 5.77. The fourth-order valence-corrected chi connectivity index (χ4v) is 2.95. The van der Waals surface area contributed by atoms with Gasteiger partial charge >= 0.3 is 0 Å². The normalized spacial score (nSPS) is 25.6. The molecule has 0 radical (unpaired) electrons. The van der Waals surface area contributed by atoms with E-state index in [4.69, 9.17) is 4.42 Å². The van der Waals surface area contributed by atoms with Crippen molar-refractivity contribution in [1.82, 2.24) is 5.32 Å². The van der Waals surface area contributed by atoms with Gasteiger partial charge in [-0.05, 0) is 43.9 Å². The predicted octanol–water partition coefficient (Wildman–Crippen LogP) is 3.24. The van der Waals surface area contributed by atoms with Gasteiger partial charge in [0.15, 0.2) is 0 Å². The first kappa shape index (κ1) is 12.7. The molecule has 1 aromatic carbocycles. The molecule has 0 saturated carbocycles. The number of para-hydroxylation sites is 1. The topological polar surface area (TPSA) is 45.4 Å². The number of aliphatic hydroxyl groups excluding tert-OH is 1. The third kappa shape index (κ3) is 2.82. The standard InChI is InChI=1S/C16H21NO2/c1-11-6-7-17-13(8-11)10-14(18)16-9-12-4-2-3-5-15(12)19-16/h2-5,9,11,13-14,17-18H,6-8,10H2,1H3. The van der Waals surface area contributed by atoms with Gasteiger partial charge in [0.25, 0.3) is 0 Å². The van der Waals surface area contributed by atoms with Crippen LogP contribution in [0.1, 0.15) is 38.1 Å². The SMILES string of the molecule is CC1CCNC(CC(O)c2cc3ccccc3o2)C1. The smallest absolute Gasteiger partial charge is 0.134 e. The van der Waals surface area contributed by atoms with E-state index in [1.165, 1.54) is 6.42 Å². The molecule has 0 spiro atoms. The number of piperidine rings is 1. The zero-order valence-corrected chi connectivity index (χ0v) is 11.3. The maximum absolute atomic E-state index is 10.3. The van der Waals surface area contributed by atoms with E-state index in [1.54, 1.807) is 0 Å². The van der Waals surface area contributed by atoms with E-state index in [2.05, 4.69) is 12.2 Å².